The third-order valence-electron chi connectivity index (χ3n) is 6.85. The fourth-order valence-electron chi connectivity index (χ4n) is 4.80. The number of para-hydroxylation sites is 1. The van der Waals surface area contributed by atoms with Crippen molar-refractivity contribution in [2.75, 3.05) is 5.32 Å². The molecule has 0 spiro atoms. The summed E-state index contributed by atoms with van der Waals surface area (Å²) in [7, 11) is 0. The van der Waals surface area contributed by atoms with E-state index in [4.69, 9.17) is 4.74 Å². The molecule has 0 aliphatic heterocycles. The van der Waals surface area contributed by atoms with Gasteiger partial charge in [-0.25, -0.2) is 9.07 Å². The topological polar surface area (TPSA) is 119 Å². The SMILES string of the molecule is Cc1c(C(=O)Nc2ccc(Oc3ccnc4c3=CC(C)C(O)C=4)c(F)c2)c(=O)n(-c2ccccc2)n1CC(C)(C)O. The van der Waals surface area contributed by atoms with Crippen LogP contribution in [0.2, 0.25) is 0 Å². The number of aliphatic hydroxyl groups excluding tert-OH is 1. The van der Waals surface area contributed by atoms with E-state index in [0.717, 1.165) is 6.07 Å². The number of carbonyl (C=O) groups excluding carboxylic acids is 1. The highest BCUT2D eigenvalue weighted by molar-refractivity contribution is 6.05. The third kappa shape index (κ3) is 5.70. The number of carbonyl (C=O) groups is 1. The normalized spacial score (nSPS) is 16.4. The minimum Gasteiger partial charge on any atom is -0.454 e. The number of benzene rings is 2. The number of hydrogen-bond donors (Lipinski definition) is 3. The van der Waals surface area contributed by atoms with Gasteiger partial charge >= 0.3 is 0 Å². The van der Waals surface area contributed by atoms with Gasteiger partial charge in [0.1, 0.15) is 11.3 Å². The monoisotopic (exact) mass is 558 g/mol. The predicted molar refractivity (Wildman–Crippen MR) is 153 cm³/mol. The largest absolute Gasteiger partial charge is 0.454 e. The number of aliphatic hydroxyl groups is 2. The van der Waals surface area contributed by atoms with Crippen molar-refractivity contribution in [3.8, 4) is 17.2 Å². The van der Waals surface area contributed by atoms with Crippen molar-refractivity contribution in [2.24, 2.45) is 5.92 Å². The maximum atomic E-state index is 15.1. The fraction of sp³-hybridized carbons (Fsp3) is 0.258. The van der Waals surface area contributed by atoms with E-state index < -0.39 is 29.0 Å². The predicted octanol–water partition coefficient (Wildman–Crippen LogP) is 2.87. The van der Waals surface area contributed by atoms with Crippen LogP contribution in [-0.4, -0.2) is 42.2 Å². The van der Waals surface area contributed by atoms with E-state index in [9.17, 15) is 19.8 Å². The van der Waals surface area contributed by atoms with Crippen molar-refractivity contribution in [3.63, 3.8) is 0 Å². The van der Waals surface area contributed by atoms with E-state index in [1.807, 2.05) is 19.1 Å². The number of rotatable bonds is 7. The maximum Gasteiger partial charge on any atom is 0.284 e. The summed E-state index contributed by atoms with van der Waals surface area (Å²) in [6.07, 6.45) is 4.30. The Morgan fingerprint density at radius 2 is 1.85 bits per heavy atom. The van der Waals surface area contributed by atoms with Crippen molar-refractivity contribution < 1.29 is 24.1 Å². The van der Waals surface area contributed by atoms with Gasteiger partial charge in [-0.2, -0.15) is 0 Å². The number of pyridine rings is 1. The molecule has 41 heavy (non-hydrogen) atoms. The first-order chi connectivity index (χ1) is 19.4. The second kappa shape index (κ2) is 10.8. The van der Waals surface area contributed by atoms with Gasteiger partial charge in [-0.1, -0.05) is 31.2 Å². The lowest BCUT2D eigenvalue weighted by Gasteiger charge is -2.22. The van der Waals surface area contributed by atoms with E-state index in [1.54, 1.807) is 61.9 Å². The molecule has 5 rings (SSSR count). The zero-order chi connectivity index (χ0) is 29.5. The lowest BCUT2D eigenvalue weighted by molar-refractivity contribution is 0.0546. The molecule has 1 amide bonds. The number of nitrogens with zero attached hydrogens (tertiary/aromatic N) is 3. The van der Waals surface area contributed by atoms with Crippen LogP contribution in [0.25, 0.3) is 17.8 Å². The zero-order valence-electron chi connectivity index (χ0n) is 23.1. The summed E-state index contributed by atoms with van der Waals surface area (Å²) in [5.41, 5.74) is -0.826. The van der Waals surface area contributed by atoms with E-state index in [2.05, 4.69) is 10.3 Å². The second-order valence-electron chi connectivity index (χ2n) is 10.8. The van der Waals surface area contributed by atoms with Crippen LogP contribution in [0.1, 0.15) is 36.8 Å². The quantitative estimate of drug-likeness (QED) is 0.321. The molecule has 1 aliphatic rings. The molecule has 3 N–H and O–H groups in total. The van der Waals surface area contributed by atoms with Crippen molar-refractivity contribution >= 4 is 23.7 Å². The van der Waals surface area contributed by atoms with E-state index in [1.165, 1.54) is 23.0 Å². The summed E-state index contributed by atoms with van der Waals surface area (Å²) in [5.74, 6) is -1.28. The molecular formula is C31H31FN4O5. The molecule has 2 unspecified atom stereocenters. The Morgan fingerprint density at radius 1 is 1.12 bits per heavy atom. The zero-order valence-corrected chi connectivity index (χ0v) is 23.1. The molecule has 212 valence electrons. The number of amides is 1. The summed E-state index contributed by atoms with van der Waals surface area (Å²) in [6.45, 7) is 6.76. The Balaban J connectivity index is 1.44. The fourth-order valence-corrected chi connectivity index (χ4v) is 4.80. The summed E-state index contributed by atoms with van der Waals surface area (Å²) in [6, 6.07) is 14.4. The van der Waals surface area contributed by atoms with Crippen molar-refractivity contribution in [1.82, 2.24) is 14.3 Å². The molecule has 2 atom stereocenters. The lowest BCUT2D eigenvalue weighted by atomic mass is 9.98. The molecule has 4 aromatic rings. The Morgan fingerprint density at radius 3 is 2.54 bits per heavy atom. The maximum absolute atomic E-state index is 15.1. The van der Waals surface area contributed by atoms with E-state index in [0.29, 0.717) is 27.7 Å². The highest BCUT2D eigenvalue weighted by Crippen LogP contribution is 2.26. The molecule has 10 heteroatoms. The number of hydrogen-bond acceptors (Lipinski definition) is 6. The molecule has 0 radical (unpaired) electrons. The van der Waals surface area contributed by atoms with Crippen LogP contribution in [0, 0.1) is 18.7 Å². The molecule has 0 saturated heterocycles. The molecule has 9 nitrogen and oxygen atoms in total. The van der Waals surface area contributed by atoms with E-state index >= 15 is 4.39 Å². The summed E-state index contributed by atoms with van der Waals surface area (Å²) >= 11 is 0. The van der Waals surface area contributed by atoms with E-state index in [-0.39, 0.29) is 29.5 Å². The summed E-state index contributed by atoms with van der Waals surface area (Å²) in [5, 5.41) is 24.4. The highest BCUT2D eigenvalue weighted by Gasteiger charge is 2.27. The Labute approximate surface area is 235 Å². The van der Waals surface area contributed by atoms with Gasteiger partial charge in [-0.15, -0.1) is 0 Å². The standard InChI is InChI=1S/C31H31FN4O5/c1-18-14-22-24(16-25(18)37)33-13-12-26(22)41-27-11-10-20(15-23(27)32)34-29(38)28-19(2)35(17-31(3,4)40)36(30(28)39)21-8-6-5-7-9-21/h5-16,18,25,37,40H,17H2,1-4H3,(H,34,38). The average Bonchev–Trinajstić information content (AvgIpc) is 3.14. The van der Waals surface area contributed by atoms with Crippen LogP contribution < -0.4 is 26.2 Å². The van der Waals surface area contributed by atoms with Gasteiger partial charge in [0.25, 0.3) is 11.5 Å². The second-order valence-corrected chi connectivity index (χ2v) is 10.8. The summed E-state index contributed by atoms with van der Waals surface area (Å²) in [4.78, 5) is 31.1. The molecule has 2 heterocycles. The molecule has 0 fully saturated rings. The Kier molecular flexibility index (Phi) is 7.37. The molecule has 2 aromatic heterocycles. The number of halogens is 1. The van der Waals surface area contributed by atoms with Crippen LogP contribution in [0.5, 0.6) is 11.5 Å². The van der Waals surface area contributed by atoms with Gasteiger partial charge < -0.3 is 20.3 Å². The number of aromatic nitrogens is 3. The molecular weight excluding hydrogens is 527 g/mol. The number of nitrogens with one attached hydrogen (secondary N) is 1. The molecule has 1 aliphatic carbocycles. The summed E-state index contributed by atoms with van der Waals surface area (Å²) < 4.78 is 23.9. The minimum atomic E-state index is -1.17. The number of ether oxygens (including phenoxy) is 1. The van der Waals surface area contributed by atoms with Crippen LogP contribution in [-0.2, 0) is 6.54 Å². The smallest absolute Gasteiger partial charge is 0.284 e. The Bertz CT molecular complexity index is 1810. The Hall–Kier alpha value is -4.54. The first kappa shape index (κ1) is 28.0. The van der Waals surface area contributed by atoms with Crippen molar-refractivity contribution in [1.29, 1.82) is 0 Å². The molecule has 0 saturated carbocycles. The number of fused-ring (bicyclic) bond motifs is 1. The lowest BCUT2D eigenvalue weighted by Crippen LogP contribution is -2.37. The van der Waals surface area contributed by atoms with Gasteiger partial charge in [0.05, 0.1) is 35.0 Å². The van der Waals surface area contributed by atoms with Gasteiger partial charge in [0, 0.05) is 29.1 Å². The molecule has 2 aromatic carbocycles. The first-order valence-electron chi connectivity index (χ1n) is 13.2. The van der Waals surface area contributed by atoms with Gasteiger partial charge in [0.2, 0.25) is 0 Å². The van der Waals surface area contributed by atoms with Gasteiger partial charge in [-0.3, -0.25) is 19.3 Å². The highest BCUT2D eigenvalue weighted by atomic mass is 19.1. The molecule has 0 bridgehead atoms. The first-order valence-corrected chi connectivity index (χ1v) is 13.2. The van der Waals surface area contributed by atoms with Crippen molar-refractivity contribution in [3.05, 3.63) is 98.8 Å². The number of anilines is 1. The van der Waals surface area contributed by atoms with Crippen LogP contribution in [0.15, 0.2) is 65.6 Å². The minimum absolute atomic E-state index is 0.0581. The van der Waals surface area contributed by atoms with Crippen LogP contribution >= 0.6 is 0 Å². The van der Waals surface area contributed by atoms with Crippen LogP contribution in [0.4, 0.5) is 10.1 Å². The van der Waals surface area contributed by atoms with Crippen LogP contribution in [0.3, 0.4) is 0 Å². The third-order valence-corrected chi connectivity index (χ3v) is 6.85. The average molecular weight is 559 g/mol. The van der Waals surface area contributed by atoms with Gasteiger partial charge in [-0.05, 0) is 57.2 Å². The van der Waals surface area contributed by atoms with Crippen molar-refractivity contribution in [2.45, 2.75) is 45.9 Å². The van der Waals surface area contributed by atoms with Gasteiger partial charge in [0.15, 0.2) is 11.6 Å².